The molecular formula is C9H13NO3. The number of para-hydroxylation sites is 1. The van der Waals surface area contributed by atoms with Crippen molar-refractivity contribution in [3.8, 4) is 5.75 Å². The maximum absolute atomic E-state index is 9.43. The van der Waals surface area contributed by atoms with Crippen LogP contribution >= 0.6 is 0 Å². The van der Waals surface area contributed by atoms with Gasteiger partial charge in [0.05, 0.1) is 13.2 Å². The van der Waals surface area contributed by atoms with Crippen molar-refractivity contribution >= 4 is 0 Å². The van der Waals surface area contributed by atoms with Crippen molar-refractivity contribution in [3.05, 3.63) is 29.8 Å². The van der Waals surface area contributed by atoms with Crippen LogP contribution in [0.4, 0.5) is 0 Å². The lowest BCUT2D eigenvalue weighted by molar-refractivity contribution is 0.100. The first-order valence-corrected chi connectivity index (χ1v) is 4.00. The first-order valence-electron chi connectivity index (χ1n) is 4.00. The molecule has 1 unspecified atom stereocenters. The highest BCUT2D eigenvalue weighted by Crippen LogP contribution is 2.24. The second kappa shape index (κ2) is 4.81. The number of aliphatic hydroxyl groups is 1. The van der Waals surface area contributed by atoms with E-state index >= 15 is 0 Å². The lowest BCUT2D eigenvalue weighted by Crippen LogP contribution is -2.14. The Morgan fingerprint density at radius 3 is 2.62 bits per heavy atom. The molecule has 0 aliphatic carbocycles. The molecule has 0 aromatic heterocycles. The van der Waals surface area contributed by atoms with E-state index in [0.717, 1.165) is 0 Å². The molecule has 1 rings (SSSR count). The molecule has 72 valence electrons. The third-order valence-electron chi connectivity index (χ3n) is 1.89. The SMILES string of the molecule is NOCC(CO)c1ccccc1O. The Hall–Kier alpha value is -1.10. The molecule has 0 radical (unpaired) electrons. The molecule has 0 amide bonds. The van der Waals surface area contributed by atoms with Crippen molar-refractivity contribution in [2.75, 3.05) is 13.2 Å². The van der Waals surface area contributed by atoms with Gasteiger partial charge in [0.1, 0.15) is 5.75 Å². The van der Waals surface area contributed by atoms with Crippen molar-refractivity contribution < 1.29 is 15.1 Å². The molecule has 4 N–H and O–H groups in total. The molecule has 0 bridgehead atoms. The molecule has 0 fully saturated rings. The maximum atomic E-state index is 9.43. The van der Waals surface area contributed by atoms with Gasteiger partial charge in [0.2, 0.25) is 0 Å². The van der Waals surface area contributed by atoms with Crippen LogP contribution in [0.25, 0.3) is 0 Å². The highest BCUT2D eigenvalue weighted by Gasteiger charge is 2.13. The Morgan fingerprint density at radius 1 is 1.38 bits per heavy atom. The Kier molecular flexibility index (Phi) is 3.70. The molecule has 0 saturated carbocycles. The molecule has 0 saturated heterocycles. The molecule has 0 aliphatic heterocycles. The summed E-state index contributed by atoms with van der Waals surface area (Å²) < 4.78 is 0. The van der Waals surface area contributed by atoms with Gasteiger partial charge in [0.15, 0.2) is 0 Å². The van der Waals surface area contributed by atoms with Gasteiger partial charge in [-0.05, 0) is 6.07 Å². The van der Waals surface area contributed by atoms with E-state index in [-0.39, 0.29) is 24.9 Å². The van der Waals surface area contributed by atoms with E-state index in [1.54, 1.807) is 24.3 Å². The number of aromatic hydroxyl groups is 1. The number of rotatable bonds is 4. The van der Waals surface area contributed by atoms with Gasteiger partial charge in [-0.1, -0.05) is 18.2 Å². The van der Waals surface area contributed by atoms with E-state index in [0.29, 0.717) is 5.56 Å². The van der Waals surface area contributed by atoms with Gasteiger partial charge < -0.3 is 15.1 Å². The average Bonchev–Trinajstić information content (AvgIpc) is 2.16. The van der Waals surface area contributed by atoms with Crippen LogP contribution in [-0.4, -0.2) is 23.4 Å². The molecule has 1 aromatic carbocycles. The number of hydrogen-bond donors (Lipinski definition) is 3. The molecule has 0 spiro atoms. The summed E-state index contributed by atoms with van der Waals surface area (Å²) in [6.45, 7) is 0.0862. The molecule has 0 aliphatic rings. The quantitative estimate of drug-likeness (QED) is 0.589. The highest BCUT2D eigenvalue weighted by molar-refractivity contribution is 5.34. The zero-order valence-corrected chi connectivity index (χ0v) is 7.18. The summed E-state index contributed by atoms with van der Waals surface area (Å²) >= 11 is 0. The third kappa shape index (κ3) is 2.42. The van der Waals surface area contributed by atoms with Gasteiger partial charge >= 0.3 is 0 Å². The molecule has 1 atom stereocenters. The van der Waals surface area contributed by atoms with Gasteiger partial charge in [-0.2, -0.15) is 0 Å². The monoisotopic (exact) mass is 183 g/mol. The molecule has 0 heterocycles. The number of phenolic OH excluding ortho intramolecular Hbond substituents is 1. The van der Waals surface area contributed by atoms with Gasteiger partial charge in [-0.3, -0.25) is 0 Å². The largest absolute Gasteiger partial charge is 0.508 e. The van der Waals surface area contributed by atoms with Crippen molar-refractivity contribution in [2.45, 2.75) is 5.92 Å². The summed E-state index contributed by atoms with van der Waals surface area (Å²) in [6.07, 6.45) is 0. The first kappa shape index (κ1) is 9.98. The minimum atomic E-state index is -0.272. The van der Waals surface area contributed by atoms with Crippen LogP contribution in [-0.2, 0) is 4.84 Å². The predicted octanol–water partition coefficient (Wildman–Crippen LogP) is 0.358. The Balaban J connectivity index is 2.84. The van der Waals surface area contributed by atoms with Crippen LogP contribution in [0.15, 0.2) is 24.3 Å². The zero-order valence-electron chi connectivity index (χ0n) is 7.18. The van der Waals surface area contributed by atoms with Crippen LogP contribution in [0.3, 0.4) is 0 Å². The van der Waals surface area contributed by atoms with Gasteiger partial charge in [0.25, 0.3) is 0 Å². The van der Waals surface area contributed by atoms with Crippen LogP contribution in [0, 0.1) is 0 Å². The molecular weight excluding hydrogens is 170 g/mol. The third-order valence-corrected chi connectivity index (χ3v) is 1.89. The Morgan fingerprint density at radius 2 is 2.08 bits per heavy atom. The van der Waals surface area contributed by atoms with Crippen LogP contribution in [0.1, 0.15) is 11.5 Å². The van der Waals surface area contributed by atoms with Crippen LogP contribution in [0.2, 0.25) is 0 Å². The lowest BCUT2D eigenvalue weighted by Gasteiger charge is -2.13. The predicted molar refractivity (Wildman–Crippen MR) is 48.1 cm³/mol. The summed E-state index contributed by atoms with van der Waals surface area (Å²) in [5.74, 6) is 4.78. The normalized spacial score (nSPS) is 12.8. The lowest BCUT2D eigenvalue weighted by atomic mass is 10.0. The van der Waals surface area contributed by atoms with Crippen molar-refractivity contribution in [2.24, 2.45) is 5.90 Å². The Bertz CT molecular complexity index is 265. The summed E-state index contributed by atoms with van der Waals surface area (Å²) in [7, 11) is 0. The van der Waals surface area contributed by atoms with E-state index < -0.39 is 0 Å². The maximum Gasteiger partial charge on any atom is 0.119 e. The van der Waals surface area contributed by atoms with E-state index in [9.17, 15) is 5.11 Å². The fraction of sp³-hybridized carbons (Fsp3) is 0.333. The summed E-state index contributed by atoms with van der Waals surface area (Å²) in [6, 6.07) is 6.80. The summed E-state index contributed by atoms with van der Waals surface area (Å²) in [4.78, 5) is 4.43. The van der Waals surface area contributed by atoms with E-state index in [1.807, 2.05) is 0 Å². The second-order valence-corrected chi connectivity index (χ2v) is 2.77. The Labute approximate surface area is 76.5 Å². The van der Waals surface area contributed by atoms with Crippen LogP contribution < -0.4 is 5.90 Å². The van der Waals surface area contributed by atoms with Crippen molar-refractivity contribution in [1.82, 2.24) is 0 Å². The number of hydrogen-bond acceptors (Lipinski definition) is 4. The highest BCUT2D eigenvalue weighted by atomic mass is 16.6. The standard InChI is InChI=1S/C9H13NO3/c10-13-6-7(5-11)8-3-1-2-4-9(8)12/h1-4,7,11-12H,5-6,10H2. The first-order chi connectivity index (χ1) is 6.29. The zero-order chi connectivity index (χ0) is 9.68. The average molecular weight is 183 g/mol. The fourth-order valence-electron chi connectivity index (χ4n) is 1.19. The minimum Gasteiger partial charge on any atom is -0.508 e. The number of benzene rings is 1. The molecule has 4 nitrogen and oxygen atoms in total. The molecule has 4 heteroatoms. The van der Waals surface area contributed by atoms with E-state index in [4.69, 9.17) is 11.0 Å². The molecule has 1 aromatic rings. The van der Waals surface area contributed by atoms with Crippen molar-refractivity contribution in [1.29, 1.82) is 0 Å². The minimum absolute atomic E-state index is 0.102. The number of aliphatic hydroxyl groups excluding tert-OH is 1. The molecule has 13 heavy (non-hydrogen) atoms. The topological polar surface area (TPSA) is 75.7 Å². The van der Waals surface area contributed by atoms with Gasteiger partial charge in [-0.25, -0.2) is 5.90 Å². The smallest absolute Gasteiger partial charge is 0.119 e. The number of nitrogens with two attached hydrogens (primary N) is 1. The second-order valence-electron chi connectivity index (χ2n) is 2.77. The van der Waals surface area contributed by atoms with Gasteiger partial charge in [0, 0.05) is 11.5 Å². The number of phenols is 1. The summed E-state index contributed by atoms with van der Waals surface area (Å²) in [5.41, 5.74) is 0.649. The van der Waals surface area contributed by atoms with E-state index in [2.05, 4.69) is 4.84 Å². The van der Waals surface area contributed by atoms with Crippen molar-refractivity contribution in [3.63, 3.8) is 0 Å². The van der Waals surface area contributed by atoms with E-state index in [1.165, 1.54) is 0 Å². The fourth-order valence-corrected chi connectivity index (χ4v) is 1.19. The van der Waals surface area contributed by atoms with Crippen LogP contribution in [0.5, 0.6) is 5.75 Å². The summed E-state index contributed by atoms with van der Waals surface area (Å²) in [5, 5.41) is 18.4. The van der Waals surface area contributed by atoms with Gasteiger partial charge in [-0.15, -0.1) is 0 Å².